The molecule has 0 atom stereocenters. The molecule has 104 valence electrons. The van der Waals surface area contributed by atoms with E-state index in [9.17, 15) is 17.6 Å². The minimum atomic E-state index is -4.50. The highest BCUT2D eigenvalue weighted by Gasteiger charge is 2.31. The monoisotopic (exact) mass is 274 g/mol. The van der Waals surface area contributed by atoms with Crippen LogP contribution < -0.4 is 5.32 Å². The molecule has 1 aromatic carbocycles. The van der Waals surface area contributed by atoms with Crippen molar-refractivity contribution in [2.45, 2.75) is 26.4 Å². The molecule has 0 amide bonds. The van der Waals surface area contributed by atoms with E-state index >= 15 is 0 Å². The molecule has 0 saturated carbocycles. The van der Waals surface area contributed by atoms with Crippen molar-refractivity contribution in [3.63, 3.8) is 0 Å². The van der Waals surface area contributed by atoms with Crippen LogP contribution in [0.1, 0.15) is 25.8 Å². The predicted molar refractivity (Wildman–Crippen MR) is 63.9 cm³/mol. The van der Waals surface area contributed by atoms with Gasteiger partial charge in [-0.25, -0.2) is 4.39 Å². The largest absolute Gasteiger partial charge is 0.416 e. The van der Waals surface area contributed by atoms with E-state index in [0.717, 1.165) is 12.1 Å². The summed E-state index contributed by atoms with van der Waals surface area (Å²) in [5.74, 6) is -0.747. The van der Waals surface area contributed by atoms with Gasteiger partial charge in [-0.2, -0.15) is 18.4 Å². The molecule has 0 aliphatic heterocycles. The Balaban J connectivity index is 2.77. The molecular weight excluding hydrogens is 260 g/mol. The third-order valence-electron chi connectivity index (χ3n) is 2.66. The van der Waals surface area contributed by atoms with Crippen LogP contribution >= 0.6 is 0 Å². The second-order valence-corrected chi connectivity index (χ2v) is 4.86. The number of hydrogen-bond donors (Lipinski definition) is 1. The van der Waals surface area contributed by atoms with Crippen LogP contribution in [0.4, 0.5) is 23.2 Å². The van der Waals surface area contributed by atoms with E-state index in [-0.39, 0.29) is 12.2 Å². The molecule has 2 nitrogen and oxygen atoms in total. The van der Waals surface area contributed by atoms with Gasteiger partial charge in [-0.15, -0.1) is 0 Å². The van der Waals surface area contributed by atoms with Crippen molar-refractivity contribution >= 4 is 5.69 Å². The molecule has 6 heteroatoms. The summed E-state index contributed by atoms with van der Waals surface area (Å²) in [5.41, 5.74) is -1.72. The van der Waals surface area contributed by atoms with Gasteiger partial charge in [0.05, 0.1) is 22.7 Å². The molecule has 1 rings (SSSR count). The topological polar surface area (TPSA) is 35.8 Å². The fourth-order valence-electron chi connectivity index (χ4n) is 1.40. The van der Waals surface area contributed by atoms with Crippen LogP contribution in [0, 0.1) is 22.6 Å². The predicted octanol–water partition coefficient (Wildman–Crippen LogP) is 4.20. The lowest BCUT2D eigenvalue weighted by Gasteiger charge is -2.16. The Bertz CT molecular complexity index is 486. The normalized spacial score (nSPS) is 12.1. The summed E-state index contributed by atoms with van der Waals surface area (Å²) in [5, 5.41) is 11.4. The number of nitriles is 1. The van der Waals surface area contributed by atoms with Crippen LogP contribution in [0.2, 0.25) is 0 Å². The zero-order chi connectivity index (χ0) is 14.7. The molecule has 1 aromatic rings. The number of benzene rings is 1. The van der Waals surface area contributed by atoms with Gasteiger partial charge in [-0.3, -0.25) is 0 Å². The number of rotatable bonds is 4. The highest BCUT2D eigenvalue weighted by Crippen LogP contribution is 2.32. The van der Waals surface area contributed by atoms with Gasteiger partial charge < -0.3 is 5.32 Å². The summed E-state index contributed by atoms with van der Waals surface area (Å²) in [6, 6.07) is 4.27. The smallest absolute Gasteiger partial charge is 0.383 e. The maximum absolute atomic E-state index is 13.4. The average molecular weight is 274 g/mol. The summed E-state index contributed by atoms with van der Waals surface area (Å²) in [4.78, 5) is 0. The molecule has 0 fully saturated rings. The number of halogens is 4. The molecular formula is C13H14F4N2. The summed E-state index contributed by atoms with van der Waals surface area (Å²) in [6.45, 7) is 3.63. The van der Waals surface area contributed by atoms with Gasteiger partial charge in [0.15, 0.2) is 0 Å². The quantitative estimate of drug-likeness (QED) is 0.835. The molecule has 0 aromatic heterocycles. The molecule has 0 aliphatic rings. The lowest BCUT2D eigenvalue weighted by molar-refractivity contribution is -0.137. The Hall–Kier alpha value is -1.77. The number of hydrogen-bond acceptors (Lipinski definition) is 2. The second kappa shape index (κ2) is 5.47. The van der Waals surface area contributed by atoms with E-state index in [1.807, 2.05) is 0 Å². The van der Waals surface area contributed by atoms with Crippen LogP contribution in [-0.2, 0) is 6.18 Å². The minimum absolute atomic E-state index is 0.205. The third-order valence-corrected chi connectivity index (χ3v) is 2.66. The Morgan fingerprint density at radius 2 is 1.89 bits per heavy atom. The van der Waals surface area contributed by atoms with E-state index in [1.54, 1.807) is 13.8 Å². The van der Waals surface area contributed by atoms with Gasteiger partial charge in [-0.1, -0.05) is 0 Å². The third kappa shape index (κ3) is 4.43. The minimum Gasteiger partial charge on any atom is -0.383 e. The lowest BCUT2D eigenvalue weighted by Crippen LogP contribution is -2.15. The van der Waals surface area contributed by atoms with Crippen LogP contribution in [0.5, 0.6) is 0 Å². The Morgan fingerprint density at radius 1 is 1.26 bits per heavy atom. The van der Waals surface area contributed by atoms with Crippen molar-refractivity contribution < 1.29 is 17.6 Å². The maximum Gasteiger partial charge on any atom is 0.416 e. The van der Waals surface area contributed by atoms with Crippen molar-refractivity contribution in [2.24, 2.45) is 5.41 Å². The van der Waals surface area contributed by atoms with Gasteiger partial charge in [0.2, 0.25) is 0 Å². The van der Waals surface area contributed by atoms with E-state index < -0.39 is 23.0 Å². The molecule has 0 radical (unpaired) electrons. The molecule has 1 N–H and O–H groups in total. The van der Waals surface area contributed by atoms with Gasteiger partial charge in [0.25, 0.3) is 0 Å². The average Bonchev–Trinajstić information content (AvgIpc) is 2.30. The van der Waals surface area contributed by atoms with Crippen LogP contribution in [0.25, 0.3) is 0 Å². The summed E-state index contributed by atoms with van der Waals surface area (Å²) >= 11 is 0. The standard InChI is InChI=1S/C13H14F4N2/c1-12(2,8-18)5-6-19-11-7-9(13(15,16)17)3-4-10(11)14/h3-4,7,19H,5-6H2,1-2H3. The van der Waals surface area contributed by atoms with Crippen LogP contribution in [0.3, 0.4) is 0 Å². The molecule has 0 bridgehead atoms. The number of nitrogens with zero attached hydrogens (tertiary/aromatic N) is 1. The maximum atomic E-state index is 13.4. The Labute approximate surface area is 109 Å². The molecule has 0 heterocycles. The van der Waals surface area contributed by atoms with Crippen molar-refractivity contribution in [3.05, 3.63) is 29.6 Å². The molecule has 0 spiro atoms. The number of nitrogens with one attached hydrogen (secondary N) is 1. The van der Waals surface area contributed by atoms with Gasteiger partial charge in [0, 0.05) is 6.54 Å². The molecule has 19 heavy (non-hydrogen) atoms. The van der Waals surface area contributed by atoms with Crippen LogP contribution in [-0.4, -0.2) is 6.54 Å². The van der Waals surface area contributed by atoms with E-state index in [2.05, 4.69) is 11.4 Å². The van der Waals surface area contributed by atoms with E-state index in [1.165, 1.54) is 0 Å². The zero-order valence-corrected chi connectivity index (χ0v) is 10.6. The van der Waals surface area contributed by atoms with Crippen molar-refractivity contribution in [2.75, 3.05) is 11.9 Å². The summed E-state index contributed by atoms with van der Waals surface area (Å²) < 4.78 is 50.8. The van der Waals surface area contributed by atoms with Gasteiger partial charge >= 0.3 is 6.18 Å². The number of alkyl halides is 3. The van der Waals surface area contributed by atoms with Gasteiger partial charge in [0.1, 0.15) is 5.82 Å². The SMILES string of the molecule is CC(C)(C#N)CCNc1cc(C(F)(F)F)ccc1F. The van der Waals surface area contributed by atoms with Gasteiger partial charge in [-0.05, 0) is 38.5 Å². The zero-order valence-electron chi connectivity index (χ0n) is 10.6. The summed E-state index contributed by atoms with van der Waals surface area (Å²) in [6.07, 6.45) is -4.10. The lowest BCUT2D eigenvalue weighted by atomic mass is 9.91. The first kappa shape index (κ1) is 15.3. The van der Waals surface area contributed by atoms with Crippen LogP contribution in [0.15, 0.2) is 18.2 Å². The van der Waals surface area contributed by atoms with Crippen molar-refractivity contribution in [1.82, 2.24) is 0 Å². The first-order valence-corrected chi connectivity index (χ1v) is 5.67. The van der Waals surface area contributed by atoms with E-state index in [0.29, 0.717) is 12.5 Å². The first-order valence-electron chi connectivity index (χ1n) is 5.67. The highest BCUT2D eigenvalue weighted by atomic mass is 19.4. The van der Waals surface area contributed by atoms with Crippen molar-refractivity contribution in [3.8, 4) is 6.07 Å². The molecule has 0 aliphatic carbocycles. The second-order valence-electron chi connectivity index (χ2n) is 4.86. The highest BCUT2D eigenvalue weighted by molar-refractivity contribution is 5.48. The Morgan fingerprint density at radius 3 is 2.42 bits per heavy atom. The number of anilines is 1. The van der Waals surface area contributed by atoms with Crippen molar-refractivity contribution in [1.29, 1.82) is 5.26 Å². The fourth-order valence-corrected chi connectivity index (χ4v) is 1.40. The first-order chi connectivity index (χ1) is 8.65. The molecule has 0 unspecified atom stereocenters. The fraction of sp³-hybridized carbons (Fsp3) is 0.462. The van der Waals surface area contributed by atoms with E-state index in [4.69, 9.17) is 5.26 Å². The molecule has 0 saturated heterocycles. The Kier molecular flexibility index (Phi) is 4.40. The summed E-state index contributed by atoms with van der Waals surface area (Å²) in [7, 11) is 0.